The first-order chi connectivity index (χ1) is 8.90. The van der Waals surface area contributed by atoms with Crippen molar-refractivity contribution in [2.24, 2.45) is 0 Å². The lowest BCUT2D eigenvalue weighted by atomic mass is 10.2. The lowest BCUT2D eigenvalue weighted by molar-refractivity contribution is -0.140. The van der Waals surface area contributed by atoms with Gasteiger partial charge in [0.2, 0.25) is 5.91 Å². The van der Waals surface area contributed by atoms with Crippen LogP contribution in [0.25, 0.3) is 0 Å². The minimum atomic E-state index is -0.614. The predicted molar refractivity (Wildman–Crippen MR) is 70.4 cm³/mol. The summed E-state index contributed by atoms with van der Waals surface area (Å²) in [5, 5.41) is 2.89. The van der Waals surface area contributed by atoms with Gasteiger partial charge < -0.3 is 5.32 Å². The molecule has 1 fully saturated rings. The van der Waals surface area contributed by atoms with Crippen molar-refractivity contribution in [3.05, 3.63) is 29.0 Å². The number of anilines is 1. The van der Waals surface area contributed by atoms with Crippen molar-refractivity contribution in [3.63, 3.8) is 0 Å². The van der Waals surface area contributed by atoms with E-state index < -0.39 is 11.9 Å². The number of amides is 2. The van der Waals surface area contributed by atoms with Crippen molar-refractivity contribution in [1.29, 1.82) is 0 Å². The second kappa shape index (κ2) is 5.17. The van der Waals surface area contributed by atoms with Crippen molar-refractivity contribution in [3.8, 4) is 0 Å². The first kappa shape index (κ1) is 13.8. The number of imide groups is 1. The highest BCUT2D eigenvalue weighted by atomic mass is 35.5. The van der Waals surface area contributed by atoms with E-state index in [9.17, 15) is 14.0 Å². The van der Waals surface area contributed by atoms with Crippen molar-refractivity contribution in [1.82, 2.24) is 4.90 Å². The Balaban J connectivity index is 2.14. The van der Waals surface area contributed by atoms with Gasteiger partial charge in [-0.05, 0) is 32.0 Å². The summed E-state index contributed by atoms with van der Waals surface area (Å²) in [6, 6.07) is 3.32. The van der Waals surface area contributed by atoms with E-state index >= 15 is 0 Å². The van der Waals surface area contributed by atoms with Crippen LogP contribution in [0.2, 0.25) is 5.02 Å². The highest BCUT2D eigenvalue weighted by Gasteiger charge is 2.39. The van der Waals surface area contributed by atoms with Gasteiger partial charge in [-0.15, -0.1) is 0 Å². The first-order valence-corrected chi connectivity index (χ1v) is 6.35. The predicted octanol–water partition coefficient (Wildman–Crippen LogP) is 2.43. The Bertz CT molecular complexity index is 533. The minimum Gasteiger partial charge on any atom is -0.373 e. The van der Waals surface area contributed by atoms with Crippen LogP contribution in [0.1, 0.15) is 20.3 Å². The molecule has 1 atom stereocenters. The van der Waals surface area contributed by atoms with E-state index in [0.717, 1.165) is 0 Å². The number of carbonyl (C=O) groups excluding carboxylic acids is 2. The van der Waals surface area contributed by atoms with E-state index in [1.165, 1.54) is 23.1 Å². The topological polar surface area (TPSA) is 49.4 Å². The summed E-state index contributed by atoms with van der Waals surface area (Å²) in [5.74, 6) is -0.990. The highest BCUT2D eigenvalue weighted by Crippen LogP contribution is 2.23. The van der Waals surface area contributed by atoms with Crippen molar-refractivity contribution >= 4 is 29.1 Å². The molecule has 1 aromatic rings. The minimum absolute atomic E-state index is 0.0255. The van der Waals surface area contributed by atoms with Gasteiger partial charge in [0, 0.05) is 11.7 Å². The fourth-order valence-corrected chi connectivity index (χ4v) is 2.27. The van der Waals surface area contributed by atoms with E-state index in [1.807, 2.05) is 0 Å². The molecule has 0 aliphatic carbocycles. The van der Waals surface area contributed by atoms with Gasteiger partial charge in [-0.3, -0.25) is 14.5 Å². The Morgan fingerprint density at radius 3 is 2.63 bits per heavy atom. The third-order valence-electron chi connectivity index (χ3n) is 2.96. The summed E-state index contributed by atoms with van der Waals surface area (Å²) in [6.07, 6.45) is 0.103. The Morgan fingerprint density at radius 1 is 1.42 bits per heavy atom. The first-order valence-electron chi connectivity index (χ1n) is 5.97. The number of benzene rings is 1. The molecule has 1 aliphatic rings. The maximum atomic E-state index is 13.0. The van der Waals surface area contributed by atoms with E-state index in [1.54, 1.807) is 13.8 Å². The number of carbonyl (C=O) groups is 2. The van der Waals surface area contributed by atoms with Crippen LogP contribution in [0.5, 0.6) is 0 Å². The van der Waals surface area contributed by atoms with Crippen LogP contribution in [0.3, 0.4) is 0 Å². The number of hydrogen-bond donors (Lipinski definition) is 1. The Hall–Kier alpha value is -1.62. The average Bonchev–Trinajstić information content (AvgIpc) is 2.59. The molecule has 4 nitrogen and oxygen atoms in total. The van der Waals surface area contributed by atoms with Gasteiger partial charge >= 0.3 is 0 Å². The Labute approximate surface area is 115 Å². The van der Waals surface area contributed by atoms with Crippen LogP contribution in [0, 0.1) is 5.82 Å². The molecular formula is C13H14ClFN2O2. The van der Waals surface area contributed by atoms with Crippen LogP contribution in [0.15, 0.2) is 18.2 Å². The third-order valence-corrected chi connectivity index (χ3v) is 3.25. The van der Waals surface area contributed by atoms with Gasteiger partial charge in [0.25, 0.3) is 5.91 Å². The van der Waals surface area contributed by atoms with Crippen molar-refractivity contribution < 1.29 is 14.0 Å². The second-order valence-corrected chi connectivity index (χ2v) is 5.13. The van der Waals surface area contributed by atoms with E-state index in [4.69, 9.17) is 11.6 Å². The summed E-state index contributed by atoms with van der Waals surface area (Å²) >= 11 is 5.67. The number of halogens is 2. The number of rotatable bonds is 3. The van der Waals surface area contributed by atoms with Gasteiger partial charge in [-0.1, -0.05) is 11.6 Å². The molecule has 1 aromatic carbocycles. The summed E-state index contributed by atoms with van der Waals surface area (Å²) in [5.41, 5.74) is 0.517. The molecule has 0 bridgehead atoms. The molecule has 6 heteroatoms. The molecule has 0 spiro atoms. The molecule has 1 N–H and O–H groups in total. The number of likely N-dealkylation sites (tertiary alicyclic amines) is 1. The Morgan fingerprint density at radius 2 is 2.11 bits per heavy atom. The molecular weight excluding hydrogens is 271 g/mol. The quantitative estimate of drug-likeness (QED) is 0.867. The summed E-state index contributed by atoms with van der Waals surface area (Å²) in [4.78, 5) is 25.0. The molecule has 19 heavy (non-hydrogen) atoms. The lowest BCUT2D eigenvalue weighted by Crippen LogP contribution is -2.39. The fourth-order valence-electron chi connectivity index (χ4n) is 2.09. The zero-order chi connectivity index (χ0) is 14.2. The molecule has 0 radical (unpaired) electrons. The summed E-state index contributed by atoms with van der Waals surface area (Å²) in [6.45, 7) is 3.57. The van der Waals surface area contributed by atoms with Gasteiger partial charge in [0.1, 0.15) is 11.9 Å². The smallest absolute Gasteiger partial charge is 0.252 e. The monoisotopic (exact) mass is 284 g/mol. The van der Waals surface area contributed by atoms with Crippen molar-refractivity contribution in [2.75, 3.05) is 5.32 Å². The summed E-state index contributed by atoms with van der Waals surface area (Å²) < 4.78 is 13.0. The maximum Gasteiger partial charge on any atom is 0.252 e. The fraction of sp³-hybridized carbons (Fsp3) is 0.385. The molecule has 2 rings (SSSR count). The van der Waals surface area contributed by atoms with Crippen LogP contribution in [-0.2, 0) is 9.59 Å². The molecule has 2 amide bonds. The normalized spacial score (nSPS) is 19.4. The highest BCUT2D eigenvalue weighted by molar-refractivity contribution is 6.31. The average molecular weight is 285 g/mol. The standard InChI is InChI=1S/C13H14ClFN2O2/c1-7(2)17-12(18)6-11(13(17)19)16-8-3-4-10(15)9(14)5-8/h3-5,7,11,16H,6H2,1-2H3. The number of nitrogens with one attached hydrogen (secondary N) is 1. The Kier molecular flexibility index (Phi) is 3.75. The van der Waals surface area contributed by atoms with E-state index in [0.29, 0.717) is 5.69 Å². The molecule has 102 valence electrons. The van der Waals surface area contributed by atoms with Crippen LogP contribution in [-0.4, -0.2) is 28.8 Å². The molecule has 1 unspecified atom stereocenters. The van der Waals surface area contributed by atoms with Crippen LogP contribution >= 0.6 is 11.6 Å². The summed E-state index contributed by atoms with van der Waals surface area (Å²) in [7, 11) is 0. The zero-order valence-electron chi connectivity index (χ0n) is 10.6. The van der Waals surface area contributed by atoms with E-state index in [-0.39, 0.29) is 29.3 Å². The molecule has 1 heterocycles. The molecule has 1 aliphatic heterocycles. The third kappa shape index (κ3) is 2.71. The van der Waals surface area contributed by atoms with E-state index in [2.05, 4.69) is 5.32 Å². The SMILES string of the molecule is CC(C)N1C(=O)CC(Nc2ccc(F)c(Cl)c2)C1=O. The van der Waals surface area contributed by atoms with Crippen LogP contribution in [0.4, 0.5) is 10.1 Å². The largest absolute Gasteiger partial charge is 0.373 e. The molecule has 0 aromatic heterocycles. The van der Waals surface area contributed by atoms with Gasteiger partial charge in [-0.2, -0.15) is 0 Å². The molecule has 0 saturated carbocycles. The number of hydrogen-bond acceptors (Lipinski definition) is 3. The van der Waals surface area contributed by atoms with Gasteiger partial charge in [0.15, 0.2) is 0 Å². The zero-order valence-corrected chi connectivity index (χ0v) is 11.4. The lowest BCUT2D eigenvalue weighted by Gasteiger charge is -2.19. The second-order valence-electron chi connectivity index (χ2n) is 4.73. The number of nitrogens with zero attached hydrogens (tertiary/aromatic N) is 1. The van der Waals surface area contributed by atoms with Crippen molar-refractivity contribution in [2.45, 2.75) is 32.4 Å². The van der Waals surface area contributed by atoms with Crippen LogP contribution < -0.4 is 5.32 Å². The van der Waals surface area contributed by atoms with Gasteiger partial charge in [-0.25, -0.2) is 4.39 Å². The maximum absolute atomic E-state index is 13.0. The van der Waals surface area contributed by atoms with Gasteiger partial charge in [0.05, 0.1) is 11.4 Å². The molecule has 1 saturated heterocycles.